The molecule has 1 saturated carbocycles. The molecule has 1 aliphatic carbocycles. The highest BCUT2D eigenvalue weighted by Crippen LogP contribution is 2.44. The number of rotatable bonds is 7. The van der Waals surface area contributed by atoms with E-state index in [4.69, 9.17) is 21.2 Å². The molecule has 3 heterocycles. The number of amides is 1. The number of nitrogens with two attached hydrogens (primary N) is 2. The van der Waals surface area contributed by atoms with Gasteiger partial charge in [0.15, 0.2) is 5.82 Å². The largest absolute Gasteiger partial charge is 0.382 e. The lowest BCUT2D eigenvalue weighted by atomic mass is 9.72. The number of aliphatic imine (C=N–C) groups is 1. The number of hydrogen-bond donors (Lipinski definition) is 3. The SMILES string of the molecule is C=NN1C=C(c2cc(C(N)=O)[nH]n2)N=C(c2cn(C3(CC#N)CC(OC)C3)nc2N)/C1=C/C. The van der Waals surface area contributed by atoms with Crippen LogP contribution in [0.1, 0.15) is 47.9 Å². The molecule has 2 aromatic rings. The number of aromatic nitrogens is 4. The Kier molecular flexibility index (Phi) is 5.57. The zero-order valence-electron chi connectivity index (χ0n) is 18.3. The molecular weight excluding hydrogens is 424 g/mol. The van der Waals surface area contributed by atoms with Crippen molar-refractivity contribution in [1.29, 1.82) is 5.26 Å². The molecule has 0 saturated heterocycles. The molecule has 0 spiro atoms. The standard InChI is InChI=1S/C21H24N10O2/c1-4-17-18(26-16(11-30(17)25-2)14-7-15(20(24)32)28-27-14)13-10-31(29-19(13)23)21(5-6-22)8-12(9-21)33-3/h4,7,10-12H,2,5,8-9H2,1,3H3,(H2,23,29)(H2,24,32)(H,27,28)/b17-4-. The zero-order valence-corrected chi connectivity index (χ0v) is 18.3. The van der Waals surface area contributed by atoms with E-state index in [0.717, 1.165) is 0 Å². The number of primary amides is 1. The summed E-state index contributed by atoms with van der Waals surface area (Å²) in [6, 6.07) is 3.75. The molecule has 33 heavy (non-hydrogen) atoms. The fourth-order valence-electron chi connectivity index (χ4n) is 4.11. The number of anilines is 1. The van der Waals surface area contributed by atoms with Crippen LogP contribution in [0.25, 0.3) is 5.70 Å². The molecule has 0 bridgehead atoms. The first-order valence-electron chi connectivity index (χ1n) is 10.2. The summed E-state index contributed by atoms with van der Waals surface area (Å²) in [6.45, 7) is 5.48. The van der Waals surface area contributed by atoms with Gasteiger partial charge in [0.2, 0.25) is 0 Å². The van der Waals surface area contributed by atoms with Gasteiger partial charge in [-0.2, -0.15) is 20.6 Å². The van der Waals surface area contributed by atoms with Crippen molar-refractivity contribution in [1.82, 2.24) is 25.0 Å². The minimum atomic E-state index is -0.634. The average Bonchev–Trinajstić information content (AvgIpc) is 3.42. The molecule has 1 amide bonds. The van der Waals surface area contributed by atoms with E-state index in [1.165, 1.54) is 6.07 Å². The minimum absolute atomic E-state index is 0.0689. The fourth-order valence-corrected chi connectivity index (χ4v) is 4.11. The summed E-state index contributed by atoms with van der Waals surface area (Å²) in [7, 11) is 1.66. The molecule has 170 valence electrons. The van der Waals surface area contributed by atoms with Crippen molar-refractivity contribution in [3.05, 3.63) is 47.2 Å². The van der Waals surface area contributed by atoms with E-state index < -0.39 is 11.4 Å². The van der Waals surface area contributed by atoms with Gasteiger partial charge in [-0.05, 0) is 25.8 Å². The number of H-pyrrole nitrogens is 1. The van der Waals surface area contributed by atoms with E-state index >= 15 is 0 Å². The number of nitrogens with zero attached hydrogens (tertiary/aromatic N) is 7. The number of nitriles is 1. The summed E-state index contributed by atoms with van der Waals surface area (Å²) >= 11 is 0. The van der Waals surface area contributed by atoms with Gasteiger partial charge < -0.3 is 16.2 Å². The van der Waals surface area contributed by atoms with Gasteiger partial charge in [-0.15, -0.1) is 0 Å². The molecule has 0 aromatic carbocycles. The van der Waals surface area contributed by atoms with Gasteiger partial charge in [-0.1, -0.05) is 6.08 Å². The first-order chi connectivity index (χ1) is 15.9. The van der Waals surface area contributed by atoms with E-state index in [1.807, 2.05) is 13.0 Å². The van der Waals surface area contributed by atoms with Crippen LogP contribution in [0.15, 0.2) is 40.3 Å². The summed E-state index contributed by atoms with van der Waals surface area (Å²) in [5.41, 5.74) is 13.9. The smallest absolute Gasteiger partial charge is 0.266 e. The molecule has 12 heteroatoms. The molecule has 2 aromatic heterocycles. The normalized spacial score (nSPS) is 23.5. The van der Waals surface area contributed by atoms with Gasteiger partial charge in [-0.25, -0.2) is 10.0 Å². The van der Waals surface area contributed by atoms with E-state index in [9.17, 15) is 10.1 Å². The number of carbonyl (C=O) groups excluding carboxylic acids is 1. The van der Waals surface area contributed by atoms with Crippen LogP contribution >= 0.6 is 0 Å². The molecule has 12 nitrogen and oxygen atoms in total. The van der Waals surface area contributed by atoms with Crippen LogP contribution in [0, 0.1) is 11.3 Å². The Labute approximate surface area is 189 Å². The van der Waals surface area contributed by atoms with Crippen LogP contribution in [0.5, 0.6) is 0 Å². The van der Waals surface area contributed by atoms with Gasteiger partial charge in [0.1, 0.15) is 22.8 Å². The third-order valence-electron chi connectivity index (χ3n) is 5.94. The predicted octanol–water partition coefficient (Wildman–Crippen LogP) is 1.33. The van der Waals surface area contributed by atoms with Crippen LogP contribution in [-0.2, 0) is 10.3 Å². The van der Waals surface area contributed by atoms with Crippen molar-refractivity contribution >= 4 is 29.9 Å². The Morgan fingerprint density at radius 2 is 2.30 bits per heavy atom. The minimum Gasteiger partial charge on any atom is -0.382 e. The molecular formula is C21H24N10O2. The predicted molar refractivity (Wildman–Crippen MR) is 122 cm³/mol. The monoisotopic (exact) mass is 448 g/mol. The van der Waals surface area contributed by atoms with Gasteiger partial charge in [0, 0.05) is 20.0 Å². The highest BCUT2D eigenvalue weighted by atomic mass is 16.5. The number of aromatic amines is 1. The maximum absolute atomic E-state index is 11.5. The molecule has 5 N–H and O–H groups in total. The Hall–Kier alpha value is -4.24. The number of ether oxygens (including phenoxy) is 1. The Bertz CT molecular complexity index is 1240. The third-order valence-corrected chi connectivity index (χ3v) is 5.94. The number of carbonyl (C=O) groups is 1. The van der Waals surface area contributed by atoms with Crippen LogP contribution in [0.2, 0.25) is 0 Å². The second-order valence-electron chi connectivity index (χ2n) is 7.86. The molecule has 0 atom stereocenters. The van der Waals surface area contributed by atoms with Crippen LogP contribution in [0.3, 0.4) is 0 Å². The van der Waals surface area contributed by atoms with Crippen molar-refractivity contribution in [3.8, 4) is 6.07 Å². The van der Waals surface area contributed by atoms with Gasteiger partial charge >= 0.3 is 0 Å². The summed E-state index contributed by atoms with van der Waals surface area (Å²) in [6.07, 6.45) is 6.94. The molecule has 4 rings (SSSR count). The molecule has 1 aliphatic heterocycles. The molecule has 0 radical (unpaired) electrons. The summed E-state index contributed by atoms with van der Waals surface area (Å²) < 4.78 is 7.16. The average molecular weight is 448 g/mol. The van der Waals surface area contributed by atoms with Gasteiger partial charge in [0.25, 0.3) is 5.91 Å². The zero-order chi connectivity index (χ0) is 23.8. The Morgan fingerprint density at radius 3 is 2.88 bits per heavy atom. The van der Waals surface area contributed by atoms with Gasteiger partial charge in [0.05, 0.1) is 41.6 Å². The fraction of sp³-hybridized carbons (Fsp3) is 0.333. The maximum Gasteiger partial charge on any atom is 0.266 e. The molecule has 0 unspecified atom stereocenters. The first kappa shape index (κ1) is 22.0. The lowest BCUT2D eigenvalue weighted by Crippen LogP contribution is -2.50. The van der Waals surface area contributed by atoms with Crippen LogP contribution in [0.4, 0.5) is 5.82 Å². The number of hydrogen-bond acceptors (Lipinski definition) is 9. The van der Waals surface area contributed by atoms with Crippen molar-refractivity contribution in [2.24, 2.45) is 15.8 Å². The van der Waals surface area contributed by atoms with Gasteiger partial charge in [-0.3, -0.25) is 14.6 Å². The van der Waals surface area contributed by atoms with E-state index in [2.05, 4.69) is 33.2 Å². The lowest BCUT2D eigenvalue weighted by molar-refractivity contribution is -0.0541. The number of methoxy groups -OCH3 is 1. The Morgan fingerprint density at radius 1 is 1.55 bits per heavy atom. The van der Waals surface area contributed by atoms with Crippen molar-refractivity contribution in [2.45, 2.75) is 37.8 Å². The summed E-state index contributed by atoms with van der Waals surface area (Å²) in [5, 5.41) is 26.2. The van der Waals surface area contributed by atoms with Crippen LogP contribution < -0.4 is 11.5 Å². The number of nitrogens with one attached hydrogen (secondary N) is 1. The summed E-state index contributed by atoms with van der Waals surface area (Å²) in [5.74, 6) is -0.373. The van der Waals surface area contributed by atoms with E-state index in [-0.39, 0.29) is 24.0 Å². The first-order valence-corrected chi connectivity index (χ1v) is 10.2. The maximum atomic E-state index is 11.5. The highest BCUT2D eigenvalue weighted by molar-refractivity contribution is 6.17. The number of hydrazone groups is 1. The second kappa shape index (κ2) is 8.36. The van der Waals surface area contributed by atoms with Crippen molar-refractivity contribution in [2.75, 3.05) is 12.8 Å². The molecule has 2 aliphatic rings. The second-order valence-corrected chi connectivity index (χ2v) is 7.86. The van der Waals surface area contributed by atoms with E-state index in [1.54, 1.807) is 29.2 Å². The molecule has 1 fully saturated rings. The third kappa shape index (κ3) is 3.68. The topological polar surface area (TPSA) is 177 Å². The Balaban J connectivity index is 1.78. The van der Waals surface area contributed by atoms with Crippen LogP contribution in [-0.4, -0.2) is 56.5 Å². The number of nitrogen functional groups attached to an aromatic ring is 1. The number of allylic oxidation sites excluding steroid dienone is 2. The van der Waals surface area contributed by atoms with Crippen molar-refractivity contribution < 1.29 is 9.53 Å². The highest BCUT2D eigenvalue weighted by Gasteiger charge is 2.47. The lowest BCUT2D eigenvalue weighted by Gasteiger charge is -2.45. The summed E-state index contributed by atoms with van der Waals surface area (Å²) in [4.78, 5) is 16.2. The van der Waals surface area contributed by atoms with E-state index in [0.29, 0.717) is 41.2 Å². The quantitative estimate of drug-likeness (QED) is 0.535. The van der Waals surface area contributed by atoms with Crippen molar-refractivity contribution in [3.63, 3.8) is 0 Å².